The molecule has 0 radical (unpaired) electrons. The number of halogens is 2. The Kier molecular flexibility index (Phi) is 9.34. The summed E-state index contributed by atoms with van der Waals surface area (Å²) in [7, 11) is 1.56. The highest BCUT2D eigenvalue weighted by Crippen LogP contribution is 2.29. The first-order valence-electron chi connectivity index (χ1n) is 11.5. The van der Waals surface area contributed by atoms with Crippen LogP contribution in [0.2, 0.25) is 0 Å². The van der Waals surface area contributed by atoms with Crippen LogP contribution in [0.1, 0.15) is 24.1 Å². The number of ether oxygens (including phenoxy) is 2. The number of para-hydroxylation sites is 1. The van der Waals surface area contributed by atoms with Crippen molar-refractivity contribution in [3.63, 3.8) is 0 Å². The third-order valence-electron chi connectivity index (χ3n) is 6.04. The maximum absolute atomic E-state index is 14.1. The number of amides is 1. The predicted octanol–water partition coefficient (Wildman–Crippen LogP) is 5.43. The monoisotopic (exact) mass is 499 g/mol. The molecule has 0 bridgehead atoms. The van der Waals surface area contributed by atoms with Crippen LogP contribution in [0.4, 0.5) is 14.9 Å². The van der Waals surface area contributed by atoms with Gasteiger partial charge in [0.15, 0.2) is 11.5 Å². The Morgan fingerprint density at radius 2 is 1.66 bits per heavy atom. The summed E-state index contributed by atoms with van der Waals surface area (Å²) in [4.78, 5) is 16.8. The summed E-state index contributed by atoms with van der Waals surface area (Å²) in [5, 5.41) is 2.84. The molecule has 1 aliphatic rings. The second-order valence-electron chi connectivity index (χ2n) is 8.37. The number of hydrogen-bond acceptors (Lipinski definition) is 5. The SMILES string of the molecule is COc1cc(CN2CCN(c3ccccc3F)CC2)ccc1OC(=O)NC(C)c1ccccc1.Cl. The molecule has 1 saturated heterocycles. The van der Waals surface area contributed by atoms with Crippen LogP contribution < -0.4 is 19.7 Å². The summed E-state index contributed by atoms with van der Waals surface area (Å²) >= 11 is 0. The van der Waals surface area contributed by atoms with Gasteiger partial charge in [0, 0.05) is 32.7 Å². The Hall–Kier alpha value is -3.29. The Balaban J connectivity index is 0.00000342. The largest absolute Gasteiger partial charge is 0.493 e. The molecule has 6 nitrogen and oxygen atoms in total. The molecule has 3 aromatic rings. The first-order valence-corrected chi connectivity index (χ1v) is 11.5. The second kappa shape index (κ2) is 12.4. The number of anilines is 1. The number of nitrogens with one attached hydrogen (secondary N) is 1. The van der Waals surface area contributed by atoms with Crippen molar-refractivity contribution in [2.75, 3.05) is 38.2 Å². The van der Waals surface area contributed by atoms with E-state index in [1.807, 2.05) is 61.5 Å². The van der Waals surface area contributed by atoms with Crippen molar-refractivity contribution in [3.8, 4) is 11.5 Å². The normalized spacial score (nSPS) is 14.5. The molecule has 1 aliphatic heterocycles. The molecule has 3 aromatic carbocycles. The standard InChI is InChI=1S/C27H30FN3O3.ClH/c1-20(22-8-4-3-5-9-22)29-27(32)34-25-13-12-21(18-26(25)33-2)19-30-14-16-31(17-15-30)24-11-7-6-10-23(24)28;/h3-13,18,20H,14-17,19H2,1-2H3,(H,29,32);1H. The molecule has 1 atom stereocenters. The van der Waals surface area contributed by atoms with Crippen molar-refractivity contribution in [1.82, 2.24) is 10.2 Å². The van der Waals surface area contributed by atoms with Crippen LogP contribution in [0.3, 0.4) is 0 Å². The molecular weight excluding hydrogens is 469 g/mol. The third kappa shape index (κ3) is 6.87. The summed E-state index contributed by atoms with van der Waals surface area (Å²) in [5.41, 5.74) is 2.71. The topological polar surface area (TPSA) is 54.0 Å². The summed E-state index contributed by atoms with van der Waals surface area (Å²) in [6.45, 7) is 5.82. The van der Waals surface area contributed by atoms with Crippen molar-refractivity contribution < 1.29 is 18.7 Å². The Morgan fingerprint density at radius 3 is 2.34 bits per heavy atom. The maximum atomic E-state index is 14.1. The fourth-order valence-electron chi connectivity index (χ4n) is 4.14. The first-order chi connectivity index (χ1) is 16.5. The van der Waals surface area contributed by atoms with E-state index >= 15 is 0 Å². The fourth-order valence-corrected chi connectivity index (χ4v) is 4.14. The number of carbonyl (C=O) groups excluding carboxylic acids is 1. The minimum Gasteiger partial charge on any atom is -0.493 e. The molecule has 4 rings (SSSR count). The van der Waals surface area contributed by atoms with E-state index in [1.54, 1.807) is 19.2 Å². The van der Waals surface area contributed by atoms with Crippen molar-refractivity contribution >= 4 is 24.2 Å². The van der Waals surface area contributed by atoms with Gasteiger partial charge in [0.25, 0.3) is 0 Å². The van der Waals surface area contributed by atoms with E-state index in [4.69, 9.17) is 9.47 Å². The van der Waals surface area contributed by atoms with Crippen LogP contribution in [0, 0.1) is 5.82 Å². The zero-order valence-electron chi connectivity index (χ0n) is 19.9. The smallest absolute Gasteiger partial charge is 0.413 e. The van der Waals surface area contributed by atoms with Gasteiger partial charge in [-0.1, -0.05) is 48.5 Å². The zero-order valence-corrected chi connectivity index (χ0v) is 20.8. The quantitative estimate of drug-likeness (QED) is 0.470. The highest BCUT2D eigenvalue weighted by atomic mass is 35.5. The van der Waals surface area contributed by atoms with Gasteiger partial charge in [-0.25, -0.2) is 9.18 Å². The lowest BCUT2D eigenvalue weighted by Crippen LogP contribution is -2.46. The van der Waals surface area contributed by atoms with Gasteiger partial charge >= 0.3 is 6.09 Å². The van der Waals surface area contributed by atoms with Gasteiger partial charge in [-0.2, -0.15) is 0 Å². The van der Waals surface area contributed by atoms with E-state index in [9.17, 15) is 9.18 Å². The molecule has 8 heteroatoms. The highest BCUT2D eigenvalue weighted by molar-refractivity contribution is 5.85. The lowest BCUT2D eigenvalue weighted by atomic mass is 10.1. The molecule has 1 N–H and O–H groups in total. The number of hydrogen-bond donors (Lipinski definition) is 1. The molecule has 0 aromatic heterocycles. The molecular formula is C27H31ClFN3O3. The number of nitrogens with zero attached hydrogens (tertiary/aromatic N) is 2. The molecule has 1 unspecified atom stereocenters. The van der Waals surface area contributed by atoms with Crippen LogP contribution in [0.25, 0.3) is 0 Å². The molecule has 0 spiro atoms. The number of carbonyl (C=O) groups is 1. The maximum Gasteiger partial charge on any atom is 0.413 e. The molecule has 35 heavy (non-hydrogen) atoms. The second-order valence-corrected chi connectivity index (χ2v) is 8.37. The Morgan fingerprint density at radius 1 is 0.971 bits per heavy atom. The highest BCUT2D eigenvalue weighted by Gasteiger charge is 2.20. The van der Waals surface area contributed by atoms with E-state index in [-0.39, 0.29) is 24.3 Å². The van der Waals surface area contributed by atoms with Gasteiger partial charge in [0.05, 0.1) is 18.8 Å². The fraction of sp³-hybridized carbons (Fsp3) is 0.296. The van der Waals surface area contributed by atoms with E-state index in [2.05, 4.69) is 15.1 Å². The van der Waals surface area contributed by atoms with E-state index in [0.29, 0.717) is 17.2 Å². The van der Waals surface area contributed by atoms with Crippen LogP contribution in [-0.4, -0.2) is 44.3 Å². The van der Waals surface area contributed by atoms with Crippen LogP contribution >= 0.6 is 12.4 Å². The van der Waals surface area contributed by atoms with Crippen molar-refractivity contribution in [3.05, 3.63) is 89.7 Å². The minimum absolute atomic E-state index is 0. The summed E-state index contributed by atoms with van der Waals surface area (Å²) in [5.74, 6) is 0.692. The molecule has 186 valence electrons. The number of benzene rings is 3. The molecule has 0 aliphatic carbocycles. The lowest BCUT2D eigenvalue weighted by molar-refractivity contribution is 0.195. The van der Waals surface area contributed by atoms with Gasteiger partial charge in [-0.15, -0.1) is 12.4 Å². The van der Waals surface area contributed by atoms with Crippen molar-refractivity contribution in [1.29, 1.82) is 0 Å². The number of piperazine rings is 1. The Bertz CT molecular complexity index is 1110. The summed E-state index contributed by atoms with van der Waals surface area (Å²) in [6.07, 6.45) is -0.535. The summed E-state index contributed by atoms with van der Waals surface area (Å²) < 4.78 is 25.1. The van der Waals surface area contributed by atoms with Gasteiger partial charge in [-0.3, -0.25) is 4.90 Å². The number of methoxy groups -OCH3 is 1. The van der Waals surface area contributed by atoms with Crippen molar-refractivity contribution in [2.45, 2.75) is 19.5 Å². The average Bonchev–Trinajstić information content (AvgIpc) is 2.86. The molecule has 1 amide bonds. The van der Waals surface area contributed by atoms with E-state index in [1.165, 1.54) is 6.07 Å². The molecule has 1 fully saturated rings. The van der Waals surface area contributed by atoms with Crippen LogP contribution in [-0.2, 0) is 6.54 Å². The van der Waals surface area contributed by atoms with E-state index in [0.717, 1.165) is 43.9 Å². The van der Waals surface area contributed by atoms with Gasteiger partial charge in [0.2, 0.25) is 0 Å². The number of rotatable bonds is 7. The van der Waals surface area contributed by atoms with E-state index < -0.39 is 6.09 Å². The van der Waals surface area contributed by atoms with Gasteiger partial charge in [0.1, 0.15) is 5.82 Å². The summed E-state index contributed by atoms with van der Waals surface area (Å²) in [6, 6.07) is 22.0. The zero-order chi connectivity index (χ0) is 23.9. The first kappa shape index (κ1) is 26.3. The van der Waals surface area contributed by atoms with Crippen molar-refractivity contribution in [2.24, 2.45) is 0 Å². The lowest BCUT2D eigenvalue weighted by Gasteiger charge is -2.36. The van der Waals surface area contributed by atoms with Gasteiger partial charge in [-0.05, 0) is 42.3 Å². The molecule has 1 heterocycles. The molecule has 0 saturated carbocycles. The van der Waals surface area contributed by atoms with Crippen LogP contribution in [0.5, 0.6) is 11.5 Å². The van der Waals surface area contributed by atoms with Gasteiger partial charge < -0.3 is 19.7 Å². The average molecular weight is 500 g/mol. The third-order valence-corrected chi connectivity index (χ3v) is 6.04. The minimum atomic E-state index is -0.535. The predicted molar refractivity (Wildman–Crippen MR) is 138 cm³/mol. The van der Waals surface area contributed by atoms with Crippen LogP contribution in [0.15, 0.2) is 72.8 Å². The Labute approximate surface area is 212 Å².